The molecule has 1 fully saturated rings. The van der Waals surface area contributed by atoms with E-state index >= 15 is 0 Å². The normalized spacial score (nSPS) is 22.3. The summed E-state index contributed by atoms with van der Waals surface area (Å²) in [4.78, 5) is 16.7. The minimum Gasteiger partial charge on any atom is -0.310 e. The Balaban J connectivity index is 1.85. The number of aryl methyl sites for hydroxylation is 1. The van der Waals surface area contributed by atoms with Crippen LogP contribution in [0.2, 0.25) is 0 Å². The van der Waals surface area contributed by atoms with Gasteiger partial charge in [-0.05, 0) is 25.5 Å². The van der Waals surface area contributed by atoms with Crippen LogP contribution in [0, 0.1) is 0 Å². The van der Waals surface area contributed by atoms with E-state index in [0.29, 0.717) is 18.9 Å². The number of carbonyl (C=O) groups is 1. The van der Waals surface area contributed by atoms with Gasteiger partial charge in [0.15, 0.2) is 0 Å². The van der Waals surface area contributed by atoms with Crippen molar-refractivity contribution in [2.24, 2.45) is 0 Å². The van der Waals surface area contributed by atoms with Gasteiger partial charge in [0.1, 0.15) is 0 Å². The third-order valence-electron chi connectivity index (χ3n) is 3.60. The molecule has 2 unspecified atom stereocenters. The molecule has 2 N–H and O–H groups in total. The molecule has 6 heteroatoms. The number of rotatable bonds is 3. The Morgan fingerprint density at radius 3 is 3.05 bits per heavy atom. The molecular weight excluding hydrogens is 276 g/mol. The second kappa shape index (κ2) is 5.42. The van der Waals surface area contributed by atoms with Crippen molar-refractivity contribution in [3.63, 3.8) is 0 Å². The maximum atomic E-state index is 12.2. The zero-order valence-electron chi connectivity index (χ0n) is 11.3. The summed E-state index contributed by atoms with van der Waals surface area (Å²) in [7, 11) is 0. The van der Waals surface area contributed by atoms with Crippen LogP contribution in [0.15, 0.2) is 24.3 Å². The maximum absolute atomic E-state index is 12.2. The molecule has 2 atom stereocenters. The number of halogens is 1. The lowest BCUT2D eigenvalue weighted by Crippen LogP contribution is -2.36. The smallest absolute Gasteiger partial charge is 0.243 e. The van der Waals surface area contributed by atoms with Gasteiger partial charge in [-0.15, -0.1) is 11.6 Å². The monoisotopic (exact) mass is 292 g/mol. The minimum atomic E-state index is -0.234. The molecule has 2 aromatic rings. The minimum absolute atomic E-state index is 0.0238. The standard InChI is InChI=1S/C14H17ClN4O/c1-2-19-12-6-4-3-5-10(12)17-14(19)18-13(20)11-7-9(15)8-16-11/h3-6,9,11,16H,2,7-8H2,1H3,(H,17,18,20). The summed E-state index contributed by atoms with van der Waals surface area (Å²) < 4.78 is 2.00. The first-order valence-corrected chi connectivity index (χ1v) is 7.26. The summed E-state index contributed by atoms with van der Waals surface area (Å²) in [6, 6.07) is 7.63. The number of alkyl halides is 1. The molecule has 0 saturated carbocycles. The van der Waals surface area contributed by atoms with Crippen molar-refractivity contribution < 1.29 is 4.79 Å². The average molecular weight is 293 g/mol. The largest absolute Gasteiger partial charge is 0.310 e. The van der Waals surface area contributed by atoms with Crippen LogP contribution in [0.25, 0.3) is 11.0 Å². The molecule has 1 aliphatic rings. The van der Waals surface area contributed by atoms with Crippen molar-refractivity contribution in [3.05, 3.63) is 24.3 Å². The maximum Gasteiger partial charge on any atom is 0.243 e. The molecule has 5 nitrogen and oxygen atoms in total. The van der Waals surface area contributed by atoms with Crippen LogP contribution < -0.4 is 10.6 Å². The molecule has 1 aliphatic heterocycles. The summed E-state index contributed by atoms with van der Waals surface area (Å²) in [5.74, 6) is 0.525. The van der Waals surface area contributed by atoms with Crippen LogP contribution in [0.1, 0.15) is 13.3 Å². The highest BCUT2D eigenvalue weighted by atomic mass is 35.5. The van der Waals surface area contributed by atoms with Gasteiger partial charge in [-0.3, -0.25) is 10.1 Å². The van der Waals surface area contributed by atoms with Gasteiger partial charge in [0, 0.05) is 18.5 Å². The van der Waals surface area contributed by atoms with E-state index in [1.54, 1.807) is 0 Å². The second-order valence-electron chi connectivity index (χ2n) is 4.95. The summed E-state index contributed by atoms with van der Waals surface area (Å²) in [5.41, 5.74) is 1.92. The van der Waals surface area contributed by atoms with E-state index in [0.717, 1.165) is 17.6 Å². The van der Waals surface area contributed by atoms with E-state index in [1.165, 1.54) is 0 Å². The van der Waals surface area contributed by atoms with Crippen LogP contribution in [0.5, 0.6) is 0 Å². The Morgan fingerprint density at radius 2 is 2.35 bits per heavy atom. The molecule has 106 valence electrons. The summed E-state index contributed by atoms with van der Waals surface area (Å²) >= 11 is 6.01. The summed E-state index contributed by atoms with van der Waals surface area (Å²) in [5, 5.41) is 6.05. The lowest BCUT2D eigenvalue weighted by molar-refractivity contribution is -0.117. The van der Waals surface area contributed by atoms with Crippen LogP contribution in [-0.2, 0) is 11.3 Å². The van der Waals surface area contributed by atoms with Crippen molar-refractivity contribution >= 4 is 34.5 Å². The second-order valence-corrected chi connectivity index (χ2v) is 5.57. The Bertz CT molecular complexity index is 639. The van der Waals surface area contributed by atoms with E-state index in [9.17, 15) is 4.79 Å². The fourth-order valence-corrected chi connectivity index (χ4v) is 2.85. The molecular formula is C14H17ClN4O. The topological polar surface area (TPSA) is 59.0 Å². The first-order valence-electron chi connectivity index (χ1n) is 6.82. The van der Waals surface area contributed by atoms with Crippen LogP contribution in [0.3, 0.4) is 0 Å². The van der Waals surface area contributed by atoms with Crippen LogP contribution in [0.4, 0.5) is 5.95 Å². The molecule has 0 spiro atoms. The number of carbonyl (C=O) groups excluding carboxylic acids is 1. The van der Waals surface area contributed by atoms with Crippen molar-refractivity contribution in [2.75, 3.05) is 11.9 Å². The fraction of sp³-hybridized carbons (Fsp3) is 0.429. The Kier molecular flexibility index (Phi) is 3.63. The molecule has 0 bridgehead atoms. The van der Waals surface area contributed by atoms with E-state index in [1.807, 2.05) is 35.8 Å². The quantitative estimate of drug-likeness (QED) is 0.850. The van der Waals surface area contributed by atoms with E-state index in [4.69, 9.17) is 11.6 Å². The molecule has 1 amide bonds. The van der Waals surface area contributed by atoms with Gasteiger partial charge in [0.2, 0.25) is 11.9 Å². The predicted octanol–water partition coefficient (Wildman–Crippen LogP) is 1.96. The molecule has 1 aromatic heterocycles. The number of amides is 1. The van der Waals surface area contributed by atoms with Crippen LogP contribution in [-0.4, -0.2) is 33.4 Å². The zero-order chi connectivity index (χ0) is 14.1. The van der Waals surface area contributed by atoms with E-state index < -0.39 is 0 Å². The number of imidazole rings is 1. The van der Waals surface area contributed by atoms with Crippen molar-refractivity contribution in [3.8, 4) is 0 Å². The number of nitrogens with one attached hydrogen (secondary N) is 2. The number of para-hydroxylation sites is 2. The molecule has 1 saturated heterocycles. The predicted molar refractivity (Wildman–Crippen MR) is 80.1 cm³/mol. The number of hydrogen-bond donors (Lipinski definition) is 2. The highest BCUT2D eigenvalue weighted by Gasteiger charge is 2.28. The molecule has 3 rings (SSSR count). The molecule has 0 aliphatic carbocycles. The average Bonchev–Trinajstić information content (AvgIpc) is 3.01. The summed E-state index contributed by atoms with van der Waals surface area (Å²) in [6.07, 6.45) is 0.653. The number of anilines is 1. The van der Waals surface area contributed by atoms with E-state index in [-0.39, 0.29) is 17.3 Å². The van der Waals surface area contributed by atoms with Gasteiger partial charge in [-0.25, -0.2) is 4.98 Å². The Morgan fingerprint density at radius 1 is 1.55 bits per heavy atom. The van der Waals surface area contributed by atoms with Gasteiger partial charge in [0.05, 0.1) is 17.1 Å². The SMILES string of the molecule is CCn1c(NC(=O)C2CC(Cl)CN2)nc2ccccc21. The van der Waals surface area contributed by atoms with Gasteiger partial charge in [-0.1, -0.05) is 12.1 Å². The lowest BCUT2D eigenvalue weighted by atomic mass is 10.2. The number of nitrogens with zero attached hydrogens (tertiary/aromatic N) is 2. The summed E-state index contributed by atoms with van der Waals surface area (Å²) in [6.45, 7) is 3.46. The highest BCUT2D eigenvalue weighted by Crippen LogP contribution is 2.20. The Hall–Kier alpha value is -1.59. The third-order valence-corrected chi connectivity index (χ3v) is 3.93. The molecule has 20 heavy (non-hydrogen) atoms. The number of aromatic nitrogens is 2. The van der Waals surface area contributed by atoms with Crippen LogP contribution >= 0.6 is 11.6 Å². The van der Waals surface area contributed by atoms with Gasteiger partial charge >= 0.3 is 0 Å². The Labute approximate surface area is 122 Å². The highest BCUT2D eigenvalue weighted by molar-refractivity contribution is 6.21. The third kappa shape index (κ3) is 2.39. The van der Waals surface area contributed by atoms with Gasteiger partial charge in [0.25, 0.3) is 0 Å². The fourth-order valence-electron chi connectivity index (χ4n) is 2.58. The van der Waals surface area contributed by atoms with Crippen molar-refractivity contribution in [1.82, 2.24) is 14.9 Å². The van der Waals surface area contributed by atoms with Gasteiger partial charge in [-0.2, -0.15) is 0 Å². The lowest BCUT2D eigenvalue weighted by Gasteiger charge is -2.11. The number of fused-ring (bicyclic) bond motifs is 1. The molecule has 2 heterocycles. The molecule has 0 radical (unpaired) electrons. The van der Waals surface area contributed by atoms with Gasteiger partial charge < -0.3 is 9.88 Å². The number of benzene rings is 1. The molecule has 1 aromatic carbocycles. The van der Waals surface area contributed by atoms with Crippen molar-refractivity contribution in [2.45, 2.75) is 31.3 Å². The first kappa shape index (κ1) is 13.4. The zero-order valence-corrected chi connectivity index (χ0v) is 12.0. The first-order chi connectivity index (χ1) is 9.69. The van der Waals surface area contributed by atoms with E-state index in [2.05, 4.69) is 15.6 Å². The number of hydrogen-bond acceptors (Lipinski definition) is 3. The van der Waals surface area contributed by atoms with Crippen molar-refractivity contribution in [1.29, 1.82) is 0 Å².